The van der Waals surface area contributed by atoms with Crippen molar-refractivity contribution in [2.75, 3.05) is 27.2 Å². The van der Waals surface area contributed by atoms with Crippen molar-refractivity contribution in [3.05, 3.63) is 65.7 Å². The Hall–Kier alpha value is -2.53. The van der Waals surface area contributed by atoms with Gasteiger partial charge < -0.3 is 15.4 Å². The van der Waals surface area contributed by atoms with E-state index in [2.05, 4.69) is 69.9 Å². The van der Waals surface area contributed by atoms with Crippen LogP contribution in [0.2, 0.25) is 0 Å². The van der Waals surface area contributed by atoms with Crippen molar-refractivity contribution < 1.29 is 4.74 Å². The number of hydrogen-bond acceptors (Lipinski definition) is 3. The number of piperidine rings is 1. The third kappa shape index (κ3) is 6.50. The molecule has 2 unspecified atom stereocenters. The van der Waals surface area contributed by atoms with Gasteiger partial charge in [0.05, 0.1) is 7.11 Å². The van der Waals surface area contributed by atoms with Crippen LogP contribution < -0.4 is 15.4 Å². The third-order valence-corrected chi connectivity index (χ3v) is 5.67. The number of ether oxygens (including phenoxy) is 1. The highest BCUT2D eigenvalue weighted by Gasteiger charge is 2.25. The Labute approximate surface area is 175 Å². The number of guanidine groups is 1. The lowest BCUT2D eigenvalue weighted by molar-refractivity contribution is 0.134. The molecule has 29 heavy (non-hydrogen) atoms. The molecule has 3 rings (SSSR count). The molecule has 0 saturated carbocycles. The van der Waals surface area contributed by atoms with Gasteiger partial charge in [0.2, 0.25) is 0 Å². The van der Waals surface area contributed by atoms with Crippen molar-refractivity contribution in [3.63, 3.8) is 0 Å². The molecule has 0 radical (unpaired) electrons. The number of benzene rings is 2. The number of aliphatic imine (C=N–C) groups is 1. The van der Waals surface area contributed by atoms with Gasteiger partial charge in [0.1, 0.15) is 5.75 Å². The summed E-state index contributed by atoms with van der Waals surface area (Å²) >= 11 is 0. The molecular weight excluding hydrogens is 360 g/mol. The van der Waals surface area contributed by atoms with E-state index in [1.165, 1.54) is 11.1 Å². The zero-order chi connectivity index (χ0) is 20.5. The molecule has 1 saturated heterocycles. The SMILES string of the molecule is CN=C(NCCc1ccc(OC)cc1)NC1CCN(Cc2ccccc2)C(C)C1. The van der Waals surface area contributed by atoms with Crippen molar-refractivity contribution in [1.29, 1.82) is 0 Å². The van der Waals surface area contributed by atoms with Crippen LogP contribution in [0.15, 0.2) is 59.6 Å². The lowest BCUT2D eigenvalue weighted by atomic mass is 9.97. The summed E-state index contributed by atoms with van der Waals surface area (Å²) in [6.07, 6.45) is 3.22. The number of rotatable bonds is 7. The fourth-order valence-corrected chi connectivity index (χ4v) is 3.91. The van der Waals surface area contributed by atoms with Crippen LogP contribution in [0, 0.1) is 0 Å². The van der Waals surface area contributed by atoms with Crippen LogP contribution in [0.5, 0.6) is 5.75 Å². The third-order valence-electron chi connectivity index (χ3n) is 5.67. The monoisotopic (exact) mass is 394 g/mol. The molecule has 1 heterocycles. The molecule has 1 aliphatic heterocycles. The first kappa shape index (κ1) is 21.2. The molecule has 0 aliphatic carbocycles. The highest BCUT2D eigenvalue weighted by atomic mass is 16.5. The summed E-state index contributed by atoms with van der Waals surface area (Å²) in [6, 6.07) is 20.0. The van der Waals surface area contributed by atoms with E-state index in [0.717, 1.165) is 50.6 Å². The maximum absolute atomic E-state index is 5.22. The molecule has 2 aromatic rings. The number of likely N-dealkylation sites (tertiary alicyclic amines) is 1. The second-order valence-corrected chi connectivity index (χ2v) is 7.77. The molecule has 0 bridgehead atoms. The Kier molecular flexibility index (Phi) is 7.94. The molecule has 0 aromatic heterocycles. The topological polar surface area (TPSA) is 48.9 Å². The molecule has 2 aromatic carbocycles. The standard InChI is InChI=1S/C24H34N4O/c1-19-17-22(14-16-28(19)18-21-7-5-4-6-8-21)27-24(25-2)26-15-13-20-9-11-23(29-3)12-10-20/h4-12,19,22H,13-18H2,1-3H3,(H2,25,26,27). The summed E-state index contributed by atoms with van der Waals surface area (Å²) in [5.74, 6) is 1.79. The Morgan fingerprint density at radius 1 is 1.10 bits per heavy atom. The predicted molar refractivity (Wildman–Crippen MR) is 121 cm³/mol. The highest BCUT2D eigenvalue weighted by Crippen LogP contribution is 2.20. The van der Waals surface area contributed by atoms with Gasteiger partial charge in [-0.2, -0.15) is 0 Å². The van der Waals surface area contributed by atoms with E-state index in [1.807, 2.05) is 19.2 Å². The minimum absolute atomic E-state index is 0.462. The lowest BCUT2D eigenvalue weighted by Gasteiger charge is -2.38. The first-order chi connectivity index (χ1) is 14.2. The molecular formula is C24H34N4O. The molecule has 0 amide bonds. The van der Waals surface area contributed by atoms with E-state index in [1.54, 1.807) is 7.11 Å². The van der Waals surface area contributed by atoms with Crippen molar-refractivity contribution in [3.8, 4) is 5.75 Å². The number of hydrogen-bond donors (Lipinski definition) is 2. The van der Waals surface area contributed by atoms with Gasteiger partial charge >= 0.3 is 0 Å². The van der Waals surface area contributed by atoms with E-state index in [0.29, 0.717) is 12.1 Å². The number of methoxy groups -OCH3 is 1. The zero-order valence-corrected chi connectivity index (χ0v) is 17.9. The van der Waals surface area contributed by atoms with Crippen LogP contribution in [0.4, 0.5) is 0 Å². The zero-order valence-electron chi connectivity index (χ0n) is 17.9. The van der Waals surface area contributed by atoms with Gasteiger partial charge in [0, 0.05) is 38.8 Å². The average molecular weight is 395 g/mol. The van der Waals surface area contributed by atoms with Crippen LogP contribution >= 0.6 is 0 Å². The highest BCUT2D eigenvalue weighted by molar-refractivity contribution is 5.79. The van der Waals surface area contributed by atoms with Crippen LogP contribution in [-0.2, 0) is 13.0 Å². The Balaban J connectivity index is 1.41. The van der Waals surface area contributed by atoms with Crippen molar-refractivity contribution in [2.24, 2.45) is 4.99 Å². The summed E-state index contributed by atoms with van der Waals surface area (Å²) < 4.78 is 5.22. The molecule has 5 nitrogen and oxygen atoms in total. The lowest BCUT2D eigenvalue weighted by Crippen LogP contribution is -2.51. The summed E-state index contributed by atoms with van der Waals surface area (Å²) in [5.41, 5.74) is 2.68. The van der Waals surface area contributed by atoms with E-state index in [4.69, 9.17) is 4.74 Å². The number of nitrogens with one attached hydrogen (secondary N) is 2. The average Bonchev–Trinajstić information content (AvgIpc) is 2.76. The summed E-state index contributed by atoms with van der Waals surface area (Å²) in [5, 5.41) is 7.07. The molecule has 2 N–H and O–H groups in total. The van der Waals surface area contributed by atoms with Crippen LogP contribution in [0.3, 0.4) is 0 Å². The van der Waals surface area contributed by atoms with Gasteiger partial charge in [0.15, 0.2) is 5.96 Å². The van der Waals surface area contributed by atoms with Crippen LogP contribution in [-0.4, -0.2) is 50.2 Å². The van der Waals surface area contributed by atoms with E-state index < -0.39 is 0 Å². The van der Waals surface area contributed by atoms with Gasteiger partial charge in [-0.25, -0.2) is 0 Å². The number of nitrogens with zero attached hydrogens (tertiary/aromatic N) is 2. The molecule has 2 atom stereocenters. The van der Waals surface area contributed by atoms with Crippen molar-refractivity contribution in [2.45, 2.75) is 44.8 Å². The largest absolute Gasteiger partial charge is 0.497 e. The van der Waals surface area contributed by atoms with Gasteiger partial charge in [-0.1, -0.05) is 42.5 Å². The Morgan fingerprint density at radius 2 is 1.86 bits per heavy atom. The maximum atomic E-state index is 5.22. The minimum atomic E-state index is 0.462. The summed E-state index contributed by atoms with van der Waals surface area (Å²) in [7, 11) is 3.54. The molecule has 156 valence electrons. The van der Waals surface area contributed by atoms with Crippen LogP contribution in [0.25, 0.3) is 0 Å². The van der Waals surface area contributed by atoms with Crippen molar-refractivity contribution in [1.82, 2.24) is 15.5 Å². The summed E-state index contributed by atoms with van der Waals surface area (Å²) in [4.78, 5) is 6.99. The van der Waals surface area contributed by atoms with E-state index in [9.17, 15) is 0 Å². The second kappa shape index (κ2) is 10.9. The van der Waals surface area contributed by atoms with E-state index in [-0.39, 0.29) is 0 Å². The maximum Gasteiger partial charge on any atom is 0.191 e. The molecule has 0 spiro atoms. The fraction of sp³-hybridized carbons (Fsp3) is 0.458. The first-order valence-corrected chi connectivity index (χ1v) is 10.6. The smallest absolute Gasteiger partial charge is 0.191 e. The minimum Gasteiger partial charge on any atom is -0.497 e. The normalized spacial score (nSPS) is 20.3. The van der Waals surface area contributed by atoms with Crippen LogP contribution in [0.1, 0.15) is 30.9 Å². The van der Waals surface area contributed by atoms with Crippen molar-refractivity contribution >= 4 is 5.96 Å². The first-order valence-electron chi connectivity index (χ1n) is 10.6. The fourth-order valence-electron chi connectivity index (χ4n) is 3.91. The van der Waals surface area contributed by atoms with Gasteiger partial charge in [-0.15, -0.1) is 0 Å². The van der Waals surface area contributed by atoms with Gasteiger partial charge in [0.25, 0.3) is 0 Å². The molecule has 5 heteroatoms. The predicted octanol–water partition coefficient (Wildman–Crippen LogP) is 3.46. The quantitative estimate of drug-likeness (QED) is 0.558. The Morgan fingerprint density at radius 3 is 2.52 bits per heavy atom. The van der Waals surface area contributed by atoms with Gasteiger partial charge in [-0.3, -0.25) is 9.89 Å². The molecule has 1 fully saturated rings. The van der Waals surface area contributed by atoms with E-state index >= 15 is 0 Å². The summed E-state index contributed by atoms with van der Waals surface area (Å²) in [6.45, 7) is 5.32. The second-order valence-electron chi connectivity index (χ2n) is 7.77. The molecule has 1 aliphatic rings. The van der Waals surface area contributed by atoms with Gasteiger partial charge in [-0.05, 0) is 49.4 Å². The Bertz CT molecular complexity index is 760.